The highest BCUT2D eigenvalue weighted by Crippen LogP contribution is 2.64. The van der Waals surface area contributed by atoms with Gasteiger partial charge in [0.25, 0.3) is 0 Å². The first-order chi connectivity index (χ1) is 9.02. The lowest BCUT2D eigenvalue weighted by molar-refractivity contribution is 0.174. The van der Waals surface area contributed by atoms with Crippen LogP contribution in [-0.2, 0) is 10.2 Å². The first kappa shape index (κ1) is 14.5. The Labute approximate surface area is 117 Å². The van der Waals surface area contributed by atoms with E-state index in [9.17, 15) is 0 Å². The van der Waals surface area contributed by atoms with Gasteiger partial charge in [0.1, 0.15) is 0 Å². The van der Waals surface area contributed by atoms with Crippen molar-refractivity contribution in [3.05, 3.63) is 35.9 Å². The highest BCUT2D eigenvalue weighted by molar-refractivity contribution is 5.37. The maximum absolute atomic E-state index is 5.14. The fourth-order valence-corrected chi connectivity index (χ4v) is 3.34. The van der Waals surface area contributed by atoms with Crippen molar-refractivity contribution in [3.8, 4) is 0 Å². The molecule has 2 heteroatoms. The van der Waals surface area contributed by atoms with Gasteiger partial charge in [-0.15, -0.1) is 0 Å². The Hall–Kier alpha value is -0.860. The Bertz CT molecular complexity index is 401. The predicted molar refractivity (Wildman–Crippen MR) is 80.5 cm³/mol. The van der Waals surface area contributed by atoms with Gasteiger partial charge in [-0.3, -0.25) is 0 Å². The van der Waals surface area contributed by atoms with Crippen molar-refractivity contribution in [1.82, 2.24) is 4.90 Å². The van der Waals surface area contributed by atoms with Crippen molar-refractivity contribution in [2.75, 3.05) is 33.9 Å². The molecular formula is C17H27NO. The molecule has 2 rings (SSSR count). The predicted octanol–water partition coefficient (Wildman–Crippen LogP) is 3.32. The van der Waals surface area contributed by atoms with E-state index >= 15 is 0 Å². The van der Waals surface area contributed by atoms with Gasteiger partial charge in [-0.25, -0.2) is 0 Å². The molecule has 1 aliphatic rings. The van der Waals surface area contributed by atoms with Crippen molar-refractivity contribution in [3.63, 3.8) is 0 Å². The van der Waals surface area contributed by atoms with E-state index in [0.29, 0.717) is 10.8 Å². The molecule has 0 spiro atoms. The van der Waals surface area contributed by atoms with E-state index in [1.807, 2.05) is 0 Å². The SMILES string of the molecule is COCCCN(C)CC1(c2ccccc2)CC1(C)C. The Morgan fingerprint density at radius 2 is 1.84 bits per heavy atom. The normalized spacial score (nSPS) is 24.7. The topological polar surface area (TPSA) is 12.5 Å². The zero-order valence-corrected chi connectivity index (χ0v) is 12.8. The molecule has 1 aromatic carbocycles. The number of hydrogen-bond donors (Lipinski definition) is 0. The van der Waals surface area contributed by atoms with Crippen LogP contribution in [0, 0.1) is 5.41 Å². The maximum Gasteiger partial charge on any atom is 0.0474 e. The molecule has 0 saturated heterocycles. The standard InChI is InChI=1S/C17H27NO/c1-16(2)13-17(16,15-9-6-5-7-10-15)14-18(3)11-8-12-19-4/h5-7,9-10H,8,11-14H2,1-4H3. The summed E-state index contributed by atoms with van der Waals surface area (Å²) in [5.74, 6) is 0. The number of methoxy groups -OCH3 is 1. The van der Waals surface area contributed by atoms with Gasteiger partial charge in [-0.2, -0.15) is 0 Å². The largest absolute Gasteiger partial charge is 0.385 e. The van der Waals surface area contributed by atoms with Crippen LogP contribution < -0.4 is 0 Å². The minimum Gasteiger partial charge on any atom is -0.385 e. The quantitative estimate of drug-likeness (QED) is 0.698. The summed E-state index contributed by atoms with van der Waals surface area (Å²) in [5, 5.41) is 0. The summed E-state index contributed by atoms with van der Waals surface area (Å²) >= 11 is 0. The zero-order chi connectivity index (χ0) is 13.9. The summed E-state index contributed by atoms with van der Waals surface area (Å²) in [4.78, 5) is 2.46. The summed E-state index contributed by atoms with van der Waals surface area (Å²) < 4.78 is 5.14. The average Bonchev–Trinajstić information content (AvgIpc) is 2.93. The summed E-state index contributed by atoms with van der Waals surface area (Å²) in [6.45, 7) is 7.89. The lowest BCUT2D eigenvalue weighted by Gasteiger charge is -2.27. The second-order valence-corrected chi connectivity index (χ2v) is 6.59. The van der Waals surface area contributed by atoms with Crippen LogP contribution in [0.15, 0.2) is 30.3 Å². The molecule has 1 fully saturated rings. The Morgan fingerprint density at radius 3 is 2.37 bits per heavy atom. The monoisotopic (exact) mass is 261 g/mol. The third-order valence-electron chi connectivity index (χ3n) is 4.67. The van der Waals surface area contributed by atoms with Crippen molar-refractivity contribution in [2.24, 2.45) is 5.41 Å². The van der Waals surface area contributed by atoms with Crippen LogP contribution in [-0.4, -0.2) is 38.8 Å². The molecule has 1 aromatic rings. The van der Waals surface area contributed by atoms with Gasteiger partial charge >= 0.3 is 0 Å². The number of rotatable bonds is 7. The molecule has 1 atom stereocenters. The molecule has 0 aliphatic heterocycles. The summed E-state index contributed by atoms with van der Waals surface area (Å²) in [7, 11) is 4.00. The van der Waals surface area contributed by atoms with Gasteiger partial charge in [0.2, 0.25) is 0 Å². The number of ether oxygens (including phenoxy) is 1. The summed E-state index contributed by atoms with van der Waals surface area (Å²) in [6.07, 6.45) is 2.40. The van der Waals surface area contributed by atoms with E-state index < -0.39 is 0 Å². The zero-order valence-electron chi connectivity index (χ0n) is 12.8. The van der Waals surface area contributed by atoms with Crippen LogP contribution in [0.3, 0.4) is 0 Å². The van der Waals surface area contributed by atoms with Crippen LogP contribution in [0.4, 0.5) is 0 Å². The number of likely N-dealkylation sites (N-methyl/N-ethyl adjacent to an activating group) is 1. The van der Waals surface area contributed by atoms with Crippen LogP contribution in [0.1, 0.15) is 32.3 Å². The van der Waals surface area contributed by atoms with Crippen LogP contribution in [0.25, 0.3) is 0 Å². The van der Waals surface area contributed by atoms with E-state index in [2.05, 4.69) is 56.1 Å². The van der Waals surface area contributed by atoms with E-state index in [0.717, 1.165) is 26.1 Å². The fraction of sp³-hybridized carbons (Fsp3) is 0.647. The van der Waals surface area contributed by atoms with Crippen LogP contribution in [0.5, 0.6) is 0 Å². The molecular weight excluding hydrogens is 234 g/mol. The highest BCUT2D eigenvalue weighted by Gasteiger charge is 2.61. The first-order valence-electron chi connectivity index (χ1n) is 7.25. The second kappa shape index (κ2) is 5.64. The van der Waals surface area contributed by atoms with Crippen LogP contribution >= 0.6 is 0 Å². The highest BCUT2D eigenvalue weighted by atomic mass is 16.5. The van der Waals surface area contributed by atoms with Crippen molar-refractivity contribution >= 4 is 0 Å². The Morgan fingerprint density at radius 1 is 1.21 bits per heavy atom. The molecule has 106 valence electrons. The van der Waals surface area contributed by atoms with E-state index in [-0.39, 0.29) is 0 Å². The third-order valence-corrected chi connectivity index (χ3v) is 4.67. The first-order valence-corrected chi connectivity index (χ1v) is 7.25. The van der Waals surface area contributed by atoms with Crippen molar-refractivity contribution in [2.45, 2.75) is 32.1 Å². The summed E-state index contributed by atoms with van der Waals surface area (Å²) in [5.41, 5.74) is 2.26. The number of benzene rings is 1. The Kier molecular flexibility index (Phi) is 4.32. The van der Waals surface area contributed by atoms with Gasteiger partial charge in [0.05, 0.1) is 0 Å². The molecule has 2 nitrogen and oxygen atoms in total. The summed E-state index contributed by atoms with van der Waals surface area (Å²) in [6, 6.07) is 11.0. The van der Waals surface area contributed by atoms with E-state index in [1.54, 1.807) is 7.11 Å². The van der Waals surface area contributed by atoms with E-state index in [4.69, 9.17) is 4.74 Å². The molecule has 1 unspecified atom stereocenters. The van der Waals surface area contributed by atoms with Gasteiger partial charge in [-0.05, 0) is 30.9 Å². The fourth-order valence-electron chi connectivity index (χ4n) is 3.34. The van der Waals surface area contributed by atoms with Crippen molar-refractivity contribution < 1.29 is 4.74 Å². The Balaban J connectivity index is 2.02. The van der Waals surface area contributed by atoms with E-state index in [1.165, 1.54) is 12.0 Å². The molecule has 0 aromatic heterocycles. The lowest BCUT2D eigenvalue weighted by atomic mass is 9.87. The van der Waals surface area contributed by atoms with Gasteiger partial charge in [-0.1, -0.05) is 44.2 Å². The molecule has 0 heterocycles. The van der Waals surface area contributed by atoms with Crippen molar-refractivity contribution in [1.29, 1.82) is 0 Å². The smallest absolute Gasteiger partial charge is 0.0474 e. The number of nitrogens with zero attached hydrogens (tertiary/aromatic N) is 1. The lowest BCUT2D eigenvalue weighted by Crippen LogP contribution is -2.33. The molecule has 19 heavy (non-hydrogen) atoms. The molecule has 1 aliphatic carbocycles. The molecule has 0 bridgehead atoms. The minimum atomic E-state index is 0.343. The maximum atomic E-state index is 5.14. The molecule has 1 saturated carbocycles. The molecule has 0 radical (unpaired) electrons. The van der Waals surface area contributed by atoms with Gasteiger partial charge in [0.15, 0.2) is 0 Å². The second-order valence-electron chi connectivity index (χ2n) is 6.59. The average molecular weight is 261 g/mol. The van der Waals surface area contributed by atoms with Crippen LogP contribution in [0.2, 0.25) is 0 Å². The van der Waals surface area contributed by atoms with Gasteiger partial charge in [0, 0.05) is 32.2 Å². The minimum absolute atomic E-state index is 0.343. The number of hydrogen-bond acceptors (Lipinski definition) is 2. The third kappa shape index (κ3) is 3.01. The molecule has 0 amide bonds. The molecule has 0 N–H and O–H groups in total. The van der Waals surface area contributed by atoms with Gasteiger partial charge < -0.3 is 9.64 Å².